The Balaban J connectivity index is 2.98. The summed E-state index contributed by atoms with van der Waals surface area (Å²) in [6.07, 6.45) is 3.65. The maximum absolute atomic E-state index is 4.70. The predicted octanol–water partition coefficient (Wildman–Crippen LogP) is 2.63. The predicted molar refractivity (Wildman–Crippen MR) is 42.0 cm³/mol. The summed E-state index contributed by atoms with van der Waals surface area (Å²) in [5, 5.41) is 1.75. The SMILES string of the molecule is [CH2]C(C=S)CCCC. The van der Waals surface area contributed by atoms with Crippen molar-refractivity contribution >= 4 is 17.6 Å². The van der Waals surface area contributed by atoms with Crippen molar-refractivity contribution in [3.05, 3.63) is 6.92 Å². The summed E-state index contributed by atoms with van der Waals surface area (Å²) in [6.45, 7) is 6.01. The van der Waals surface area contributed by atoms with Crippen LogP contribution in [0.1, 0.15) is 26.2 Å². The van der Waals surface area contributed by atoms with E-state index < -0.39 is 0 Å². The average Bonchev–Trinajstić information content (AvgIpc) is 1.83. The van der Waals surface area contributed by atoms with Gasteiger partial charge in [-0.1, -0.05) is 32.0 Å². The van der Waals surface area contributed by atoms with Gasteiger partial charge in [-0.25, -0.2) is 0 Å². The van der Waals surface area contributed by atoms with Crippen molar-refractivity contribution in [2.24, 2.45) is 5.92 Å². The van der Waals surface area contributed by atoms with Gasteiger partial charge in [-0.15, -0.1) is 0 Å². The molecule has 0 saturated carbocycles. The Morgan fingerprint density at radius 1 is 1.75 bits per heavy atom. The number of hydrogen-bond donors (Lipinski definition) is 0. The van der Waals surface area contributed by atoms with Crippen molar-refractivity contribution in [1.82, 2.24) is 0 Å². The lowest BCUT2D eigenvalue weighted by atomic mass is 10.1. The van der Waals surface area contributed by atoms with E-state index in [-0.39, 0.29) is 0 Å². The summed E-state index contributed by atoms with van der Waals surface area (Å²) in [6, 6.07) is 0. The lowest BCUT2D eigenvalue weighted by Crippen LogP contribution is -1.92. The van der Waals surface area contributed by atoms with E-state index in [0.717, 1.165) is 6.42 Å². The van der Waals surface area contributed by atoms with Crippen LogP contribution in [0.4, 0.5) is 0 Å². The Hall–Kier alpha value is 0.0900. The van der Waals surface area contributed by atoms with Gasteiger partial charge in [0.15, 0.2) is 0 Å². The molecule has 0 bridgehead atoms. The molecule has 0 saturated heterocycles. The van der Waals surface area contributed by atoms with Crippen molar-refractivity contribution in [1.29, 1.82) is 0 Å². The van der Waals surface area contributed by atoms with Crippen molar-refractivity contribution < 1.29 is 0 Å². The molecule has 0 aliphatic rings. The third-order valence-corrected chi connectivity index (χ3v) is 1.51. The Kier molecular flexibility index (Phi) is 5.29. The van der Waals surface area contributed by atoms with Gasteiger partial charge in [0.05, 0.1) is 0 Å². The van der Waals surface area contributed by atoms with E-state index in [9.17, 15) is 0 Å². The fraction of sp³-hybridized carbons (Fsp3) is 0.714. The molecule has 0 heterocycles. The molecule has 0 aliphatic carbocycles. The zero-order chi connectivity index (χ0) is 6.41. The first-order chi connectivity index (χ1) is 3.81. The third kappa shape index (κ3) is 4.25. The van der Waals surface area contributed by atoms with E-state index in [2.05, 4.69) is 13.8 Å². The molecule has 0 aromatic carbocycles. The fourth-order valence-corrected chi connectivity index (χ4v) is 0.670. The minimum Gasteiger partial charge on any atom is -0.0932 e. The molecule has 0 spiro atoms. The highest BCUT2D eigenvalue weighted by molar-refractivity contribution is 7.79. The minimum absolute atomic E-state index is 0.393. The summed E-state index contributed by atoms with van der Waals surface area (Å²) in [5.41, 5.74) is 0. The van der Waals surface area contributed by atoms with Crippen LogP contribution in [0, 0.1) is 12.8 Å². The molecule has 1 radical (unpaired) electrons. The molecule has 1 heteroatoms. The summed E-state index contributed by atoms with van der Waals surface area (Å²) >= 11 is 4.70. The second kappa shape index (κ2) is 5.23. The van der Waals surface area contributed by atoms with Gasteiger partial charge in [0.2, 0.25) is 0 Å². The summed E-state index contributed by atoms with van der Waals surface area (Å²) in [7, 11) is 0. The largest absolute Gasteiger partial charge is 0.0932 e. The van der Waals surface area contributed by atoms with E-state index in [1.165, 1.54) is 12.8 Å². The van der Waals surface area contributed by atoms with E-state index in [1.54, 1.807) is 5.37 Å². The molecule has 0 amide bonds. The number of rotatable bonds is 4. The van der Waals surface area contributed by atoms with Gasteiger partial charge in [0.1, 0.15) is 0 Å². The van der Waals surface area contributed by atoms with Crippen molar-refractivity contribution in [2.75, 3.05) is 0 Å². The van der Waals surface area contributed by atoms with Gasteiger partial charge in [0.25, 0.3) is 0 Å². The standard InChI is InChI=1S/C7H13S/c1-3-4-5-7(2)6-8/h6-7H,2-5H2,1H3. The van der Waals surface area contributed by atoms with Gasteiger partial charge < -0.3 is 0 Å². The molecule has 0 nitrogen and oxygen atoms in total. The molecule has 0 N–H and O–H groups in total. The van der Waals surface area contributed by atoms with Crippen LogP contribution in [0.2, 0.25) is 0 Å². The Morgan fingerprint density at radius 2 is 2.38 bits per heavy atom. The van der Waals surface area contributed by atoms with Crippen LogP contribution in [0.25, 0.3) is 0 Å². The van der Waals surface area contributed by atoms with Gasteiger partial charge in [-0.2, -0.15) is 0 Å². The molecule has 0 aromatic rings. The Labute approximate surface area is 57.3 Å². The molecular weight excluding hydrogens is 116 g/mol. The van der Waals surface area contributed by atoms with Crippen LogP contribution in [-0.4, -0.2) is 5.37 Å². The van der Waals surface area contributed by atoms with E-state index >= 15 is 0 Å². The highest BCUT2D eigenvalue weighted by Gasteiger charge is 1.93. The maximum atomic E-state index is 4.70. The second-order valence-electron chi connectivity index (χ2n) is 2.04. The van der Waals surface area contributed by atoms with E-state index in [0.29, 0.717) is 5.92 Å². The first-order valence-corrected chi connectivity index (χ1v) is 3.56. The Morgan fingerprint density at radius 3 is 2.75 bits per heavy atom. The first-order valence-electron chi connectivity index (χ1n) is 3.09. The van der Waals surface area contributed by atoms with Crippen LogP contribution in [-0.2, 0) is 0 Å². The lowest BCUT2D eigenvalue weighted by Gasteiger charge is -1.99. The monoisotopic (exact) mass is 129 g/mol. The van der Waals surface area contributed by atoms with E-state index in [1.807, 2.05) is 0 Å². The van der Waals surface area contributed by atoms with Crippen LogP contribution in [0.5, 0.6) is 0 Å². The van der Waals surface area contributed by atoms with Gasteiger partial charge >= 0.3 is 0 Å². The van der Waals surface area contributed by atoms with Gasteiger partial charge in [-0.05, 0) is 24.6 Å². The quantitative estimate of drug-likeness (QED) is 0.526. The average molecular weight is 129 g/mol. The number of thiocarbonyl (C=S) groups is 1. The smallest absolute Gasteiger partial charge is 0.0128 e. The molecule has 0 aliphatic heterocycles. The lowest BCUT2D eigenvalue weighted by molar-refractivity contribution is 0.673. The van der Waals surface area contributed by atoms with Gasteiger partial charge in [-0.3, -0.25) is 0 Å². The zero-order valence-corrected chi connectivity index (χ0v) is 6.21. The molecule has 0 rings (SSSR count). The molecule has 8 heavy (non-hydrogen) atoms. The highest BCUT2D eigenvalue weighted by Crippen LogP contribution is 2.03. The summed E-state index contributed by atoms with van der Waals surface area (Å²) in [4.78, 5) is 0. The molecule has 1 atom stereocenters. The summed E-state index contributed by atoms with van der Waals surface area (Å²) in [5.74, 6) is 0.393. The van der Waals surface area contributed by atoms with E-state index in [4.69, 9.17) is 12.2 Å². The van der Waals surface area contributed by atoms with Crippen molar-refractivity contribution in [2.45, 2.75) is 26.2 Å². The first kappa shape index (κ1) is 8.09. The third-order valence-electron chi connectivity index (χ3n) is 1.12. The maximum Gasteiger partial charge on any atom is -0.0128 e. The second-order valence-corrected chi connectivity index (χ2v) is 2.31. The normalized spacial score (nSPS) is 13.2. The van der Waals surface area contributed by atoms with Crippen molar-refractivity contribution in [3.63, 3.8) is 0 Å². The number of hydrogen-bond acceptors (Lipinski definition) is 1. The Bertz CT molecular complexity index is 59.4. The molecular formula is C7H13S. The summed E-state index contributed by atoms with van der Waals surface area (Å²) < 4.78 is 0. The fourth-order valence-electron chi connectivity index (χ4n) is 0.534. The van der Waals surface area contributed by atoms with Gasteiger partial charge in [0, 0.05) is 0 Å². The van der Waals surface area contributed by atoms with Crippen LogP contribution >= 0.6 is 12.2 Å². The topological polar surface area (TPSA) is 0 Å². The van der Waals surface area contributed by atoms with Crippen LogP contribution in [0.15, 0.2) is 0 Å². The zero-order valence-electron chi connectivity index (χ0n) is 5.39. The molecule has 1 unspecified atom stereocenters. The molecule has 47 valence electrons. The van der Waals surface area contributed by atoms with Crippen LogP contribution in [0.3, 0.4) is 0 Å². The number of unbranched alkanes of at least 4 members (excludes halogenated alkanes) is 1. The van der Waals surface area contributed by atoms with Crippen LogP contribution < -0.4 is 0 Å². The van der Waals surface area contributed by atoms with Crippen molar-refractivity contribution in [3.8, 4) is 0 Å². The molecule has 0 fully saturated rings. The minimum atomic E-state index is 0.393. The molecule has 0 aromatic heterocycles. The highest BCUT2D eigenvalue weighted by atomic mass is 32.1.